The van der Waals surface area contributed by atoms with Crippen LogP contribution in [0, 0.1) is 17.3 Å². The molecule has 19 heavy (non-hydrogen) atoms. The van der Waals surface area contributed by atoms with Gasteiger partial charge in [-0.1, -0.05) is 53.2 Å². The average molecular weight is 268 g/mol. The quantitative estimate of drug-likeness (QED) is 0.547. The molecule has 0 aliphatic carbocycles. The molecule has 0 bridgehead atoms. The third-order valence-electron chi connectivity index (χ3n) is 4.32. The van der Waals surface area contributed by atoms with E-state index < -0.39 is 5.97 Å². The predicted octanol–water partition coefficient (Wildman–Crippen LogP) is 5.29. The van der Waals surface area contributed by atoms with Crippen molar-refractivity contribution in [2.75, 3.05) is 0 Å². The van der Waals surface area contributed by atoms with Gasteiger partial charge in [0.2, 0.25) is 0 Å². The topological polar surface area (TPSA) is 37.3 Å². The lowest BCUT2D eigenvalue weighted by molar-refractivity contribution is -0.137. The Kier molecular flexibility index (Phi) is 8.79. The van der Waals surface area contributed by atoms with E-state index in [0.717, 1.165) is 25.7 Å². The summed E-state index contributed by atoms with van der Waals surface area (Å²) in [5.41, 5.74) is 0.410. The third kappa shape index (κ3) is 9.75. The summed E-state index contributed by atoms with van der Waals surface area (Å²) < 4.78 is 0. The molecular weight excluding hydrogens is 236 g/mol. The molecule has 0 aromatic rings. The lowest BCUT2D eigenvalue weighted by Gasteiger charge is -2.21. The van der Waals surface area contributed by atoms with Gasteiger partial charge in [-0.2, -0.15) is 0 Å². The van der Waals surface area contributed by atoms with Crippen molar-refractivity contribution in [1.82, 2.24) is 0 Å². The average Bonchev–Trinajstić information content (AvgIpc) is 2.33. The van der Waals surface area contributed by atoms with Crippen LogP contribution in [-0.2, 0) is 4.79 Å². The first kappa shape index (κ1) is 18.2. The molecule has 0 saturated heterocycles. The Bertz CT molecular complexity index is 279. The van der Waals surface area contributed by atoms with E-state index in [-0.39, 0.29) is 0 Å². The van der Waals surface area contributed by atoms with Crippen molar-refractivity contribution in [2.45, 2.75) is 73.1 Å². The molecule has 0 aliphatic heterocycles. The monoisotopic (exact) mass is 268 g/mol. The molecule has 0 spiro atoms. The molecule has 0 heterocycles. The Balaban J connectivity index is 3.86. The van der Waals surface area contributed by atoms with E-state index in [1.807, 2.05) is 0 Å². The van der Waals surface area contributed by atoms with Gasteiger partial charge < -0.3 is 5.11 Å². The Morgan fingerprint density at radius 3 is 2.37 bits per heavy atom. The first-order chi connectivity index (χ1) is 8.78. The van der Waals surface area contributed by atoms with Crippen molar-refractivity contribution in [3.05, 3.63) is 12.2 Å². The van der Waals surface area contributed by atoms with Crippen molar-refractivity contribution in [1.29, 1.82) is 0 Å². The van der Waals surface area contributed by atoms with Crippen LogP contribution in [0.25, 0.3) is 0 Å². The summed E-state index contributed by atoms with van der Waals surface area (Å²) in [5.74, 6) is 0.555. The number of allylic oxidation sites excluding steroid dienone is 2. The van der Waals surface area contributed by atoms with Crippen molar-refractivity contribution in [2.24, 2.45) is 17.3 Å². The van der Waals surface area contributed by atoms with Gasteiger partial charge in [0.1, 0.15) is 0 Å². The molecule has 0 aromatic heterocycles. The second-order valence-electron chi connectivity index (χ2n) is 6.67. The van der Waals surface area contributed by atoms with Gasteiger partial charge in [-0.25, -0.2) is 0 Å². The van der Waals surface area contributed by atoms with E-state index >= 15 is 0 Å². The fourth-order valence-corrected chi connectivity index (χ4v) is 1.95. The number of hydrogen-bond acceptors (Lipinski definition) is 1. The first-order valence-corrected chi connectivity index (χ1v) is 7.65. The van der Waals surface area contributed by atoms with Crippen LogP contribution in [0.2, 0.25) is 0 Å². The molecule has 0 fully saturated rings. The van der Waals surface area contributed by atoms with Crippen LogP contribution >= 0.6 is 0 Å². The highest BCUT2D eigenvalue weighted by molar-refractivity contribution is 5.66. The molecule has 0 saturated carbocycles. The molecule has 0 aromatic carbocycles. The molecule has 2 nitrogen and oxygen atoms in total. The van der Waals surface area contributed by atoms with Crippen LogP contribution in [0.3, 0.4) is 0 Å². The highest BCUT2D eigenvalue weighted by Crippen LogP contribution is 2.26. The van der Waals surface area contributed by atoms with Crippen LogP contribution in [-0.4, -0.2) is 11.1 Å². The number of hydrogen-bond donors (Lipinski definition) is 1. The molecular formula is C17H32O2. The van der Waals surface area contributed by atoms with Crippen molar-refractivity contribution >= 4 is 5.97 Å². The lowest BCUT2D eigenvalue weighted by atomic mass is 9.85. The van der Waals surface area contributed by atoms with Gasteiger partial charge in [0.15, 0.2) is 0 Å². The van der Waals surface area contributed by atoms with E-state index in [9.17, 15) is 4.79 Å². The van der Waals surface area contributed by atoms with Crippen LogP contribution < -0.4 is 0 Å². The standard InChI is InChI=1S/C17H32O2/c1-6-17(4,5)13-8-7-10-14(2)15(3)11-9-12-16(18)19/h7-8,14-15H,6,9-13H2,1-5H3,(H,18,19)/b8-7-/t14-,15-/m0/s1. The zero-order chi connectivity index (χ0) is 14.9. The van der Waals surface area contributed by atoms with Gasteiger partial charge in [0.05, 0.1) is 0 Å². The molecule has 0 aliphatic rings. The lowest BCUT2D eigenvalue weighted by Crippen LogP contribution is -2.09. The molecule has 2 heteroatoms. The normalized spacial score (nSPS) is 15.6. The maximum atomic E-state index is 10.5. The SMILES string of the molecule is CCC(C)(C)C/C=C\C[C@H](C)[C@@H](C)CCCC(=O)O. The molecule has 112 valence electrons. The predicted molar refractivity (Wildman–Crippen MR) is 82.3 cm³/mol. The van der Waals surface area contributed by atoms with Crippen LogP contribution in [0.4, 0.5) is 0 Å². The highest BCUT2D eigenvalue weighted by atomic mass is 16.4. The van der Waals surface area contributed by atoms with Crippen LogP contribution in [0.1, 0.15) is 73.1 Å². The summed E-state index contributed by atoms with van der Waals surface area (Å²) in [6, 6.07) is 0. The largest absolute Gasteiger partial charge is 0.481 e. The minimum Gasteiger partial charge on any atom is -0.481 e. The fourth-order valence-electron chi connectivity index (χ4n) is 1.95. The van der Waals surface area contributed by atoms with Gasteiger partial charge >= 0.3 is 5.97 Å². The van der Waals surface area contributed by atoms with E-state index in [0.29, 0.717) is 23.7 Å². The summed E-state index contributed by atoms with van der Waals surface area (Å²) in [4.78, 5) is 10.5. The first-order valence-electron chi connectivity index (χ1n) is 7.65. The highest BCUT2D eigenvalue weighted by Gasteiger charge is 2.13. The van der Waals surface area contributed by atoms with Crippen molar-refractivity contribution in [3.8, 4) is 0 Å². The van der Waals surface area contributed by atoms with E-state index in [4.69, 9.17) is 5.11 Å². The fraction of sp³-hybridized carbons (Fsp3) is 0.824. The minimum absolute atomic E-state index is 0.303. The van der Waals surface area contributed by atoms with Crippen LogP contribution in [0.15, 0.2) is 12.2 Å². The molecule has 0 unspecified atom stereocenters. The van der Waals surface area contributed by atoms with Gasteiger partial charge in [0.25, 0.3) is 0 Å². The smallest absolute Gasteiger partial charge is 0.303 e. The Labute approximate surface area is 119 Å². The third-order valence-corrected chi connectivity index (χ3v) is 4.32. The van der Waals surface area contributed by atoms with Crippen molar-refractivity contribution in [3.63, 3.8) is 0 Å². The number of carbonyl (C=O) groups is 1. The summed E-state index contributed by atoms with van der Waals surface area (Å²) >= 11 is 0. The summed E-state index contributed by atoms with van der Waals surface area (Å²) in [6.07, 6.45) is 10.2. The molecule has 2 atom stereocenters. The van der Waals surface area contributed by atoms with Crippen molar-refractivity contribution < 1.29 is 9.90 Å². The molecule has 0 rings (SSSR count). The van der Waals surface area contributed by atoms with Gasteiger partial charge in [-0.3, -0.25) is 4.79 Å². The Morgan fingerprint density at radius 2 is 1.84 bits per heavy atom. The number of carboxylic acid groups (broad SMARTS) is 1. The zero-order valence-electron chi connectivity index (χ0n) is 13.4. The summed E-state index contributed by atoms with van der Waals surface area (Å²) in [7, 11) is 0. The molecule has 0 amide bonds. The van der Waals surface area contributed by atoms with Gasteiger partial charge in [0, 0.05) is 6.42 Å². The second kappa shape index (κ2) is 9.17. The van der Waals surface area contributed by atoms with Gasteiger partial charge in [-0.15, -0.1) is 0 Å². The number of aliphatic carboxylic acids is 1. The minimum atomic E-state index is -0.679. The second-order valence-corrected chi connectivity index (χ2v) is 6.67. The molecule has 0 radical (unpaired) electrons. The zero-order valence-corrected chi connectivity index (χ0v) is 13.4. The number of carboxylic acids is 1. The maximum absolute atomic E-state index is 10.5. The summed E-state index contributed by atoms with van der Waals surface area (Å²) in [5, 5.41) is 8.63. The van der Waals surface area contributed by atoms with E-state index in [1.54, 1.807) is 0 Å². The van der Waals surface area contributed by atoms with Gasteiger partial charge in [-0.05, 0) is 42.9 Å². The van der Waals surface area contributed by atoms with E-state index in [1.165, 1.54) is 6.42 Å². The Morgan fingerprint density at radius 1 is 1.21 bits per heavy atom. The van der Waals surface area contributed by atoms with E-state index in [2.05, 4.69) is 46.8 Å². The maximum Gasteiger partial charge on any atom is 0.303 e. The Hall–Kier alpha value is -0.790. The van der Waals surface area contributed by atoms with Crippen LogP contribution in [0.5, 0.6) is 0 Å². The number of rotatable bonds is 10. The molecule has 1 N–H and O–H groups in total. The summed E-state index contributed by atoms with van der Waals surface area (Å²) in [6.45, 7) is 11.3.